The molecule has 0 amide bonds. The first-order chi connectivity index (χ1) is 23.0. The minimum atomic E-state index is -2.62. The monoisotopic (exact) mass is 777 g/mol. The number of aryl methyl sites for hydroxylation is 4. The van der Waals surface area contributed by atoms with Crippen molar-refractivity contribution in [3.63, 3.8) is 0 Å². The van der Waals surface area contributed by atoms with E-state index in [9.17, 15) is 0 Å². The minimum Gasteiger partial charge on any atom is -0.501 e. The molecule has 7 aromatic rings. The molecule has 0 N–H and O–H groups in total. The molecule has 0 fully saturated rings. The normalized spacial score (nSPS) is 13.9. The van der Waals surface area contributed by atoms with Gasteiger partial charge in [0.2, 0.25) is 0 Å². The minimum absolute atomic E-state index is 0. The van der Waals surface area contributed by atoms with E-state index in [0.29, 0.717) is 22.6 Å². The molecule has 0 bridgehead atoms. The molecular formula is C37H34IrN4OSi-2. The van der Waals surface area contributed by atoms with Crippen molar-refractivity contribution in [2.24, 2.45) is 0 Å². The Kier molecular flexibility index (Phi) is 6.92. The largest absolute Gasteiger partial charge is 0.501 e. The van der Waals surface area contributed by atoms with Crippen molar-refractivity contribution in [3.05, 3.63) is 114 Å². The number of hydrogen-bond acceptors (Lipinski definition) is 5. The third-order valence-corrected chi connectivity index (χ3v) is 9.35. The number of aromatic nitrogens is 4. The Morgan fingerprint density at radius 1 is 0.773 bits per heavy atom. The summed E-state index contributed by atoms with van der Waals surface area (Å²) >= 11 is 0. The Bertz CT molecular complexity index is 2320. The van der Waals surface area contributed by atoms with E-state index in [-0.39, 0.29) is 36.9 Å². The fraction of sp³-hybridized carbons (Fsp3) is 0.189. The molecule has 0 atom stereocenters. The Morgan fingerprint density at radius 2 is 1.59 bits per heavy atom. The Balaban J connectivity index is 0.000000241. The summed E-state index contributed by atoms with van der Waals surface area (Å²) in [6.45, 7) is 5.54. The van der Waals surface area contributed by atoms with Crippen LogP contribution in [0.2, 0.25) is 19.6 Å². The van der Waals surface area contributed by atoms with Gasteiger partial charge in [-0.15, -0.1) is 54.1 Å². The van der Waals surface area contributed by atoms with Crippen LogP contribution in [0.25, 0.3) is 55.4 Å². The average Bonchev–Trinajstić information content (AvgIpc) is 3.41. The van der Waals surface area contributed by atoms with Gasteiger partial charge in [-0.25, -0.2) is 9.97 Å². The van der Waals surface area contributed by atoms with E-state index in [2.05, 4.69) is 63.8 Å². The summed E-state index contributed by atoms with van der Waals surface area (Å²) in [4.78, 5) is 17.7. The van der Waals surface area contributed by atoms with Gasteiger partial charge in [0.05, 0.1) is 19.2 Å². The van der Waals surface area contributed by atoms with E-state index in [1.807, 2.05) is 62.5 Å². The maximum absolute atomic E-state index is 7.83. The van der Waals surface area contributed by atoms with E-state index in [1.165, 1.54) is 11.3 Å². The molecule has 7 rings (SSSR count). The average molecular weight is 777 g/mol. The van der Waals surface area contributed by atoms with Crippen molar-refractivity contribution in [1.29, 1.82) is 0 Å². The van der Waals surface area contributed by atoms with E-state index in [1.54, 1.807) is 6.07 Å². The summed E-state index contributed by atoms with van der Waals surface area (Å²) in [7, 11) is -1.23. The molecule has 1 radical (unpaired) electrons. The SMILES string of the molecule is C[Si](C)(C)c1ccc(-c2[c-]cccc2)nc1.[2H]C([2H])([2H])c1cnc(-c2[c-]ccc3c2oc2cc4c(C)nc(C)nc4cc23)cc1C([2H])([2H])[2H].[Ir]. The summed E-state index contributed by atoms with van der Waals surface area (Å²) in [6.07, 6.45) is 3.12. The predicted molar refractivity (Wildman–Crippen MR) is 179 cm³/mol. The molecule has 0 saturated heterocycles. The Morgan fingerprint density at radius 3 is 2.30 bits per heavy atom. The standard InChI is InChI=1S/C23H18N3O.C14H16NSi.Ir/c1-12-8-20(24-11-13(12)2)17-7-5-6-16-19-9-21-18(10-22(19)27-23(16)17)14(3)25-15(4)26-21;1-16(2,3)13-9-10-14(15-11-13)12-7-5-4-6-8-12;/h5-6,8-11H,1-4H3;4-7,9-11H,1-3H3;/q2*-1;/i1D3,2D3;;. The van der Waals surface area contributed by atoms with Crippen LogP contribution in [0, 0.1) is 39.7 Å². The quantitative estimate of drug-likeness (QED) is 0.133. The zero-order valence-corrected chi connectivity index (χ0v) is 28.4. The Hall–Kier alpha value is -4.03. The van der Waals surface area contributed by atoms with Crippen LogP contribution in [-0.2, 0) is 20.1 Å². The fourth-order valence-electron chi connectivity index (χ4n) is 4.99. The summed E-state index contributed by atoms with van der Waals surface area (Å²) in [5.41, 5.74) is 4.99. The topological polar surface area (TPSA) is 64.7 Å². The van der Waals surface area contributed by atoms with Gasteiger partial charge in [-0.2, -0.15) is 0 Å². The van der Waals surface area contributed by atoms with Gasteiger partial charge in [0.25, 0.3) is 0 Å². The molecule has 0 aliphatic rings. The van der Waals surface area contributed by atoms with Gasteiger partial charge in [-0.05, 0) is 61.8 Å². The molecule has 4 heterocycles. The van der Waals surface area contributed by atoms with Crippen molar-refractivity contribution < 1.29 is 32.7 Å². The molecule has 3 aromatic carbocycles. The van der Waals surface area contributed by atoms with E-state index >= 15 is 0 Å². The van der Waals surface area contributed by atoms with Gasteiger partial charge in [0.1, 0.15) is 11.4 Å². The first-order valence-electron chi connectivity index (χ1n) is 17.0. The van der Waals surface area contributed by atoms with Crippen molar-refractivity contribution in [2.45, 2.75) is 47.2 Å². The maximum atomic E-state index is 7.83. The first-order valence-corrected chi connectivity index (χ1v) is 17.5. The third-order valence-electron chi connectivity index (χ3n) is 7.33. The predicted octanol–water partition coefficient (Wildman–Crippen LogP) is 8.72. The number of fused-ring (bicyclic) bond motifs is 4. The van der Waals surface area contributed by atoms with Gasteiger partial charge >= 0.3 is 0 Å². The van der Waals surface area contributed by atoms with Gasteiger partial charge < -0.3 is 14.4 Å². The second-order valence-corrected chi connectivity index (χ2v) is 16.6. The van der Waals surface area contributed by atoms with Crippen molar-refractivity contribution in [1.82, 2.24) is 19.9 Å². The first kappa shape index (κ1) is 24.3. The van der Waals surface area contributed by atoms with Crippen LogP contribution in [0.15, 0.2) is 83.5 Å². The molecule has 7 heteroatoms. The van der Waals surface area contributed by atoms with Gasteiger partial charge in [0, 0.05) is 57.2 Å². The number of pyridine rings is 2. The van der Waals surface area contributed by atoms with Crippen molar-refractivity contribution >= 4 is 46.1 Å². The van der Waals surface area contributed by atoms with Crippen molar-refractivity contribution in [2.75, 3.05) is 0 Å². The van der Waals surface area contributed by atoms with Gasteiger partial charge in [-0.3, -0.25) is 0 Å². The van der Waals surface area contributed by atoms with Crippen LogP contribution < -0.4 is 5.19 Å². The number of furan rings is 1. The molecule has 223 valence electrons. The number of benzene rings is 3. The molecule has 4 aromatic heterocycles. The molecule has 0 saturated carbocycles. The zero-order valence-electron chi connectivity index (χ0n) is 31.0. The molecule has 0 aliphatic heterocycles. The smallest absolute Gasteiger partial charge is 0.126 e. The van der Waals surface area contributed by atoms with Crippen LogP contribution in [-0.4, -0.2) is 28.0 Å². The zero-order chi connectivity index (χ0) is 35.3. The summed E-state index contributed by atoms with van der Waals surface area (Å²) in [5.74, 6) is 0.678. The summed E-state index contributed by atoms with van der Waals surface area (Å²) < 4.78 is 52.7. The van der Waals surface area contributed by atoms with Crippen LogP contribution in [0.5, 0.6) is 0 Å². The van der Waals surface area contributed by atoms with Crippen LogP contribution in [0.3, 0.4) is 0 Å². The number of rotatable bonds is 3. The fourth-order valence-corrected chi connectivity index (χ4v) is 6.03. The summed E-state index contributed by atoms with van der Waals surface area (Å²) in [5, 5.41) is 3.92. The van der Waals surface area contributed by atoms with Gasteiger partial charge in [0.15, 0.2) is 0 Å². The third kappa shape index (κ3) is 6.27. The molecule has 0 unspecified atom stereocenters. The van der Waals surface area contributed by atoms with E-state index in [0.717, 1.165) is 44.8 Å². The number of hydrogen-bond donors (Lipinski definition) is 0. The summed E-state index contributed by atoms with van der Waals surface area (Å²) in [6, 6.07) is 27.2. The van der Waals surface area contributed by atoms with Gasteiger partial charge in [-0.1, -0.05) is 54.4 Å². The molecule has 5 nitrogen and oxygen atoms in total. The molecular weight excluding hydrogens is 737 g/mol. The maximum Gasteiger partial charge on any atom is 0.126 e. The van der Waals surface area contributed by atoms with Crippen LogP contribution in [0.1, 0.15) is 30.9 Å². The van der Waals surface area contributed by atoms with E-state index in [4.69, 9.17) is 12.6 Å². The van der Waals surface area contributed by atoms with Crippen LogP contribution >= 0.6 is 0 Å². The second kappa shape index (κ2) is 12.5. The molecule has 0 aliphatic carbocycles. The van der Waals surface area contributed by atoms with E-state index < -0.39 is 21.8 Å². The number of nitrogens with zero attached hydrogens (tertiary/aromatic N) is 4. The second-order valence-electron chi connectivity index (χ2n) is 11.5. The van der Waals surface area contributed by atoms with Crippen LogP contribution in [0.4, 0.5) is 0 Å². The molecule has 44 heavy (non-hydrogen) atoms. The molecule has 0 spiro atoms. The van der Waals surface area contributed by atoms with Crippen molar-refractivity contribution in [3.8, 4) is 22.5 Å². The Labute approximate surface area is 281 Å².